The van der Waals surface area contributed by atoms with E-state index in [0.29, 0.717) is 6.04 Å². The van der Waals surface area contributed by atoms with Crippen LogP contribution in [0.3, 0.4) is 0 Å². The summed E-state index contributed by atoms with van der Waals surface area (Å²) in [5, 5.41) is 6.41. The Morgan fingerprint density at radius 3 is 1.58 bits per heavy atom. The van der Waals surface area contributed by atoms with Crippen LogP contribution in [0.5, 0.6) is 0 Å². The second-order valence-corrected chi connectivity index (χ2v) is 5.70. The molecule has 0 aromatic heterocycles. The predicted molar refractivity (Wildman–Crippen MR) is 114 cm³/mol. The van der Waals surface area contributed by atoms with Crippen molar-refractivity contribution in [2.45, 2.75) is 72.3 Å². The molecule has 0 fully saturated rings. The van der Waals surface area contributed by atoms with Crippen molar-refractivity contribution in [2.75, 3.05) is 17.7 Å². The summed E-state index contributed by atoms with van der Waals surface area (Å²) in [5.74, 6) is 0. The van der Waals surface area contributed by atoms with Crippen molar-refractivity contribution in [1.82, 2.24) is 0 Å². The summed E-state index contributed by atoms with van der Waals surface area (Å²) in [6.45, 7) is 15.6. The Kier molecular flexibility index (Phi) is 19.8. The molecule has 0 bridgehead atoms. The van der Waals surface area contributed by atoms with Gasteiger partial charge >= 0.3 is 0 Å². The first kappa shape index (κ1) is 24.6. The van der Waals surface area contributed by atoms with E-state index in [9.17, 15) is 0 Å². The number of allylic oxidation sites excluding steroid dienone is 2. The number of anilines is 2. The maximum absolute atomic E-state index is 3.68. The summed E-state index contributed by atoms with van der Waals surface area (Å²) < 4.78 is 0. The second-order valence-electron chi connectivity index (χ2n) is 5.70. The molecule has 0 spiro atoms. The zero-order valence-electron chi connectivity index (χ0n) is 16.7. The number of benzene rings is 1. The number of nitrogens with one attached hydrogen (secondary N) is 2. The first-order valence-corrected chi connectivity index (χ1v) is 9.40. The van der Waals surface area contributed by atoms with Gasteiger partial charge in [0.25, 0.3) is 0 Å². The number of unbranched alkanes of at least 4 members (excludes halogenated alkanes) is 5. The smallest absolute Gasteiger partial charge is 0.0343 e. The van der Waals surface area contributed by atoms with E-state index in [4.69, 9.17) is 0 Å². The molecule has 0 unspecified atom stereocenters. The highest BCUT2D eigenvalue weighted by Gasteiger charge is 1.93. The maximum Gasteiger partial charge on any atom is 0.0343 e. The van der Waals surface area contributed by atoms with E-state index in [1.54, 1.807) is 0 Å². The number of hydrogen-bond acceptors (Lipinski definition) is 2. The molecule has 24 heavy (non-hydrogen) atoms. The van der Waals surface area contributed by atoms with E-state index < -0.39 is 0 Å². The molecule has 1 rings (SSSR count). The Labute approximate surface area is 151 Å². The molecule has 0 radical (unpaired) electrons. The Morgan fingerprint density at radius 2 is 1.25 bits per heavy atom. The van der Waals surface area contributed by atoms with Gasteiger partial charge in [-0.05, 0) is 63.8 Å². The van der Waals surface area contributed by atoms with Crippen LogP contribution in [0.4, 0.5) is 11.4 Å². The lowest BCUT2D eigenvalue weighted by Crippen LogP contribution is -2.09. The molecule has 2 heteroatoms. The molecule has 0 amide bonds. The predicted octanol–water partition coefficient (Wildman–Crippen LogP) is 7.27. The SMILES string of the molecule is C=CCCCCCCC=C.CC.CNc1ccc(NC(C)C)cc1. The standard InChI is InChI=1S/C10H16N2.C10H18.C2H6/c1-8(2)12-10-6-4-9(11-3)5-7-10;1-3-5-7-9-10-8-6-4-2;1-2/h4-8,11-12H,1-3H3;3-4H,1-2,5-10H2;1-2H3. The third-order valence-electron chi connectivity index (χ3n) is 3.20. The van der Waals surface area contributed by atoms with Crippen LogP contribution in [0.1, 0.15) is 66.2 Å². The van der Waals surface area contributed by atoms with Gasteiger partial charge in [-0.3, -0.25) is 0 Å². The van der Waals surface area contributed by atoms with Crippen LogP contribution in [0, 0.1) is 0 Å². The third kappa shape index (κ3) is 16.7. The van der Waals surface area contributed by atoms with Gasteiger partial charge in [-0.25, -0.2) is 0 Å². The molecular formula is C22H40N2. The van der Waals surface area contributed by atoms with Crippen LogP contribution in [-0.2, 0) is 0 Å². The molecule has 2 N–H and O–H groups in total. The van der Waals surface area contributed by atoms with Gasteiger partial charge in [0.1, 0.15) is 0 Å². The van der Waals surface area contributed by atoms with Crippen molar-refractivity contribution in [2.24, 2.45) is 0 Å². The minimum Gasteiger partial charge on any atom is -0.388 e. The van der Waals surface area contributed by atoms with Crippen molar-refractivity contribution >= 4 is 11.4 Å². The van der Waals surface area contributed by atoms with Crippen LogP contribution >= 0.6 is 0 Å². The van der Waals surface area contributed by atoms with E-state index in [1.165, 1.54) is 44.2 Å². The van der Waals surface area contributed by atoms with Crippen molar-refractivity contribution in [3.63, 3.8) is 0 Å². The molecule has 1 aromatic rings. The lowest BCUT2D eigenvalue weighted by Gasteiger charge is -2.10. The third-order valence-corrected chi connectivity index (χ3v) is 3.20. The molecule has 138 valence electrons. The van der Waals surface area contributed by atoms with Gasteiger partial charge in [-0.2, -0.15) is 0 Å². The summed E-state index contributed by atoms with van der Waals surface area (Å²) in [5.41, 5.74) is 2.31. The minimum atomic E-state index is 0.491. The Hall–Kier alpha value is -1.70. The van der Waals surface area contributed by atoms with Crippen molar-refractivity contribution < 1.29 is 0 Å². The van der Waals surface area contributed by atoms with Crippen LogP contribution in [-0.4, -0.2) is 13.1 Å². The van der Waals surface area contributed by atoms with Crippen LogP contribution in [0.2, 0.25) is 0 Å². The van der Waals surface area contributed by atoms with Crippen LogP contribution in [0.15, 0.2) is 49.6 Å². The maximum atomic E-state index is 3.68. The zero-order valence-corrected chi connectivity index (χ0v) is 16.7. The second kappa shape index (κ2) is 19.3. The average molecular weight is 333 g/mol. The Bertz CT molecular complexity index is 367. The fourth-order valence-corrected chi connectivity index (χ4v) is 2.00. The highest BCUT2D eigenvalue weighted by atomic mass is 14.9. The fourth-order valence-electron chi connectivity index (χ4n) is 2.00. The molecule has 0 aliphatic rings. The molecule has 0 saturated heterocycles. The molecule has 1 aromatic carbocycles. The van der Waals surface area contributed by atoms with Crippen molar-refractivity contribution in [3.8, 4) is 0 Å². The van der Waals surface area contributed by atoms with Crippen molar-refractivity contribution in [1.29, 1.82) is 0 Å². The van der Waals surface area contributed by atoms with Gasteiger partial charge in [0.2, 0.25) is 0 Å². The van der Waals surface area contributed by atoms with Gasteiger partial charge in [-0.1, -0.05) is 38.8 Å². The molecule has 2 nitrogen and oxygen atoms in total. The molecule has 0 heterocycles. The summed E-state index contributed by atoms with van der Waals surface area (Å²) in [4.78, 5) is 0. The minimum absolute atomic E-state index is 0.491. The molecule has 0 atom stereocenters. The van der Waals surface area contributed by atoms with Gasteiger partial charge in [0.05, 0.1) is 0 Å². The van der Waals surface area contributed by atoms with Gasteiger partial charge in [-0.15, -0.1) is 13.2 Å². The largest absolute Gasteiger partial charge is 0.388 e. The summed E-state index contributed by atoms with van der Waals surface area (Å²) in [7, 11) is 1.92. The van der Waals surface area contributed by atoms with E-state index in [1.807, 2.05) is 33.0 Å². The topological polar surface area (TPSA) is 24.1 Å². The Morgan fingerprint density at radius 1 is 0.833 bits per heavy atom. The molecule has 0 aliphatic heterocycles. The van der Waals surface area contributed by atoms with E-state index >= 15 is 0 Å². The van der Waals surface area contributed by atoms with E-state index in [0.717, 1.165) is 5.69 Å². The highest BCUT2D eigenvalue weighted by molar-refractivity contribution is 5.53. The van der Waals surface area contributed by atoms with Crippen LogP contribution < -0.4 is 10.6 Å². The van der Waals surface area contributed by atoms with Crippen LogP contribution in [0.25, 0.3) is 0 Å². The average Bonchev–Trinajstić information content (AvgIpc) is 2.60. The van der Waals surface area contributed by atoms with Crippen molar-refractivity contribution in [3.05, 3.63) is 49.6 Å². The zero-order chi connectivity index (χ0) is 18.6. The van der Waals surface area contributed by atoms with Gasteiger partial charge in [0.15, 0.2) is 0 Å². The summed E-state index contributed by atoms with van der Waals surface area (Å²) in [6, 6.07) is 8.76. The highest BCUT2D eigenvalue weighted by Crippen LogP contribution is 2.13. The Balaban J connectivity index is 0. The number of hydrogen-bond donors (Lipinski definition) is 2. The first-order valence-electron chi connectivity index (χ1n) is 9.40. The van der Waals surface area contributed by atoms with Gasteiger partial charge < -0.3 is 10.6 Å². The molecule has 0 aliphatic carbocycles. The van der Waals surface area contributed by atoms with Gasteiger partial charge in [0, 0.05) is 24.5 Å². The summed E-state index contributed by atoms with van der Waals surface area (Å²) in [6.07, 6.45) is 11.6. The lowest BCUT2D eigenvalue weighted by molar-refractivity contribution is 0.653. The fraction of sp³-hybridized carbons (Fsp3) is 0.545. The van der Waals surface area contributed by atoms with E-state index in [2.05, 4.69) is 61.9 Å². The number of rotatable bonds is 10. The summed E-state index contributed by atoms with van der Waals surface area (Å²) >= 11 is 0. The quantitative estimate of drug-likeness (QED) is 0.347. The van der Waals surface area contributed by atoms with E-state index in [-0.39, 0.29) is 0 Å². The molecular weight excluding hydrogens is 292 g/mol. The lowest BCUT2D eigenvalue weighted by atomic mass is 10.1. The molecule has 0 saturated carbocycles. The normalized spacial score (nSPS) is 9.08. The first-order chi connectivity index (χ1) is 11.6. The monoisotopic (exact) mass is 332 g/mol.